The third-order valence-electron chi connectivity index (χ3n) is 1.46. The maximum absolute atomic E-state index is 8.20. The van der Waals surface area contributed by atoms with E-state index in [1.807, 2.05) is 0 Å². The van der Waals surface area contributed by atoms with Gasteiger partial charge in [0.15, 0.2) is 5.82 Å². The Balaban J connectivity index is 2.81. The maximum Gasteiger partial charge on any atom is 0.154 e. The number of fused-ring (bicyclic) bond motifs is 1. The van der Waals surface area contributed by atoms with Crippen molar-refractivity contribution in [3.8, 4) is 0 Å². The molecule has 0 aliphatic carbocycles. The van der Waals surface area contributed by atoms with Gasteiger partial charge in [0.25, 0.3) is 0 Å². The smallest absolute Gasteiger partial charge is 0.154 e. The molecule has 0 aliphatic rings. The molecule has 0 spiro atoms. The topological polar surface area (TPSA) is 90.3 Å². The van der Waals surface area contributed by atoms with E-state index in [0.29, 0.717) is 11.3 Å². The fraction of sp³-hybridized carbons (Fsp3) is 0. The average Bonchev–Trinajstić information content (AvgIpc) is 2.53. The first-order valence-electron chi connectivity index (χ1n) is 3.25. The summed E-state index contributed by atoms with van der Waals surface area (Å²) in [6, 6.07) is 1.79. The van der Waals surface area contributed by atoms with Crippen molar-refractivity contribution in [2.45, 2.75) is 0 Å². The molecule has 0 atom stereocenters. The molecule has 0 saturated carbocycles. The van der Waals surface area contributed by atoms with E-state index in [-0.39, 0.29) is 0 Å². The molecule has 0 saturated heterocycles. The molecule has 12 heavy (non-hydrogen) atoms. The van der Waals surface area contributed by atoms with Crippen molar-refractivity contribution >= 4 is 16.9 Å². The Bertz CT molecular complexity index is 452. The standard InChI is InChI=1S/C6H4N6/c7-12-11-6-5-4(1-2-8-5)9-3-10-6/h1-3,8H. The van der Waals surface area contributed by atoms with Crippen LogP contribution in [0.15, 0.2) is 23.7 Å². The van der Waals surface area contributed by atoms with Crippen LogP contribution in [-0.2, 0) is 0 Å². The molecule has 6 nitrogen and oxygen atoms in total. The molecular weight excluding hydrogens is 156 g/mol. The number of azide groups is 1. The number of rotatable bonds is 1. The number of nitrogens with one attached hydrogen (secondary N) is 1. The van der Waals surface area contributed by atoms with Gasteiger partial charge in [-0.15, -0.1) is 0 Å². The van der Waals surface area contributed by atoms with Crippen LogP contribution in [0.25, 0.3) is 21.5 Å². The first kappa shape index (κ1) is 6.63. The van der Waals surface area contributed by atoms with Crippen LogP contribution in [0, 0.1) is 0 Å². The molecule has 0 aliphatic heterocycles. The van der Waals surface area contributed by atoms with Crippen LogP contribution < -0.4 is 0 Å². The summed E-state index contributed by atoms with van der Waals surface area (Å²) in [5.41, 5.74) is 9.61. The minimum Gasteiger partial charge on any atom is -0.358 e. The summed E-state index contributed by atoms with van der Waals surface area (Å²) in [5.74, 6) is 0.326. The summed E-state index contributed by atoms with van der Waals surface area (Å²) < 4.78 is 0. The monoisotopic (exact) mass is 160 g/mol. The molecule has 0 aromatic carbocycles. The predicted molar refractivity (Wildman–Crippen MR) is 42.7 cm³/mol. The Labute approximate surface area is 66.9 Å². The number of hydrogen-bond donors (Lipinski definition) is 1. The maximum atomic E-state index is 8.20. The second-order valence-electron chi connectivity index (χ2n) is 2.12. The van der Waals surface area contributed by atoms with Crippen molar-refractivity contribution in [3.05, 3.63) is 29.0 Å². The van der Waals surface area contributed by atoms with Gasteiger partial charge >= 0.3 is 0 Å². The third-order valence-corrected chi connectivity index (χ3v) is 1.46. The largest absolute Gasteiger partial charge is 0.358 e. The highest BCUT2D eigenvalue weighted by molar-refractivity contribution is 5.83. The van der Waals surface area contributed by atoms with Gasteiger partial charge in [-0.3, -0.25) is 0 Å². The SMILES string of the molecule is [N-]=[N+]=Nc1ncnc2cc[nH]c12. The van der Waals surface area contributed by atoms with E-state index in [9.17, 15) is 0 Å². The van der Waals surface area contributed by atoms with E-state index in [4.69, 9.17) is 5.53 Å². The zero-order valence-electron chi connectivity index (χ0n) is 5.97. The second kappa shape index (κ2) is 2.52. The summed E-state index contributed by atoms with van der Waals surface area (Å²) in [7, 11) is 0. The van der Waals surface area contributed by atoms with Crippen LogP contribution in [0.3, 0.4) is 0 Å². The average molecular weight is 160 g/mol. The Kier molecular flexibility index (Phi) is 1.39. The van der Waals surface area contributed by atoms with Crippen LogP contribution in [0.4, 0.5) is 5.82 Å². The molecule has 2 rings (SSSR count). The lowest BCUT2D eigenvalue weighted by Gasteiger charge is -1.90. The first-order chi connectivity index (χ1) is 5.92. The lowest BCUT2D eigenvalue weighted by atomic mass is 10.4. The van der Waals surface area contributed by atoms with E-state index >= 15 is 0 Å². The van der Waals surface area contributed by atoms with Crippen LogP contribution in [-0.4, -0.2) is 15.0 Å². The van der Waals surface area contributed by atoms with Crippen molar-refractivity contribution in [2.24, 2.45) is 5.11 Å². The van der Waals surface area contributed by atoms with Crippen LogP contribution in [0.5, 0.6) is 0 Å². The molecule has 0 radical (unpaired) electrons. The first-order valence-corrected chi connectivity index (χ1v) is 3.25. The highest BCUT2D eigenvalue weighted by Gasteiger charge is 2.00. The second-order valence-corrected chi connectivity index (χ2v) is 2.12. The molecule has 2 aromatic heterocycles. The van der Waals surface area contributed by atoms with E-state index < -0.39 is 0 Å². The van der Waals surface area contributed by atoms with Gasteiger partial charge in [0.2, 0.25) is 0 Å². The quantitative estimate of drug-likeness (QED) is 0.392. The molecule has 6 heteroatoms. The normalized spacial score (nSPS) is 9.67. The summed E-state index contributed by atoms with van der Waals surface area (Å²) in [6.45, 7) is 0. The number of hydrogen-bond acceptors (Lipinski definition) is 3. The Morgan fingerprint density at radius 3 is 3.25 bits per heavy atom. The van der Waals surface area contributed by atoms with Gasteiger partial charge in [-0.05, 0) is 16.7 Å². The Hall–Kier alpha value is -2.07. The van der Waals surface area contributed by atoms with Gasteiger partial charge < -0.3 is 4.98 Å². The van der Waals surface area contributed by atoms with E-state index in [0.717, 1.165) is 5.52 Å². The van der Waals surface area contributed by atoms with Gasteiger partial charge in [0.1, 0.15) is 6.33 Å². The van der Waals surface area contributed by atoms with Crippen LogP contribution in [0.2, 0.25) is 0 Å². The number of aromatic amines is 1. The minimum absolute atomic E-state index is 0.326. The molecule has 0 fully saturated rings. The van der Waals surface area contributed by atoms with Crippen LogP contribution >= 0.6 is 0 Å². The molecule has 2 aromatic rings. The summed E-state index contributed by atoms with van der Waals surface area (Å²) in [5, 5.41) is 3.41. The molecule has 0 amide bonds. The number of H-pyrrole nitrogens is 1. The van der Waals surface area contributed by atoms with Crippen molar-refractivity contribution in [1.29, 1.82) is 0 Å². The van der Waals surface area contributed by atoms with E-state index in [1.54, 1.807) is 12.3 Å². The summed E-state index contributed by atoms with van der Waals surface area (Å²) in [6.07, 6.45) is 3.08. The van der Waals surface area contributed by atoms with Crippen LogP contribution in [0.1, 0.15) is 0 Å². The van der Waals surface area contributed by atoms with E-state index in [2.05, 4.69) is 25.0 Å². The fourth-order valence-electron chi connectivity index (χ4n) is 0.976. The number of nitrogens with zero attached hydrogens (tertiary/aromatic N) is 5. The van der Waals surface area contributed by atoms with Gasteiger partial charge in [0, 0.05) is 11.1 Å². The summed E-state index contributed by atoms with van der Waals surface area (Å²) in [4.78, 5) is 13.3. The third kappa shape index (κ3) is 0.869. The Morgan fingerprint density at radius 1 is 1.50 bits per heavy atom. The van der Waals surface area contributed by atoms with Gasteiger partial charge in [-0.1, -0.05) is 0 Å². The van der Waals surface area contributed by atoms with Gasteiger partial charge in [-0.2, -0.15) is 0 Å². The van der Waals surface area contributed by atoms with Crippen molar-refractivity contribution in [3.63, 3.8) is 0 Å². The lowest BCUT2D eigenvalue weighted by molar-refractivity contribution is 1.19. The molecule has 58 valence electrons. The molecule has 0 bridgehead atoms. The highest BCUT2D eigenvalue weighted by atomic mass is 15.2. The minimum atomic E-state index is 0.326. The van der Waals surface area contributed by atoms with Crippen molar-refractivity contribution < 1.29 is 0 Å². The zero-order chi connectivity index (χ0) is 8.39. The van der Waals surface area contributed by atoms with Crippen molar-refractivity contribution in [1.82, 2.24) is 15.0 Å². The molecular formula is C6H4N6. The summed E-state index contributed by atoms with van der Waals surface area (Å²) >= 11 is 0. The predicted octanol–water partition coefficient (Wildman–Crippen LogP) is 1.90. The fourth-order valence-corrected chi connectivity index (χ4v) is 0.976. The molecule has 1 N–H and O–H groups in total. The van der Waals surface area contributed by atoms with E-state index in [1.165, 1.54) is 6.33 Å². The van der Waals surface area contributed by atoms with Crippen molar-refractivity contribution in [2.75, 3.05) is 0 Å². The van der Waals surface area contributed by atoms with Gasteiger partial charge in [-0.25, -0.2) is 9.97 Å². The van der Waals surface area contributed by atoms with Gasteiger partial charge in [0.05, 0.1) is 11.0 Å². The molecule has 0 unspecified atom stereocenters. The lowest BCUT2D eigenvalue weighted by Crippen LogP contribution is -1.78. The number of aromatic nitrogens is 3. The molecule has 2 heterocycles. The Morgan fingerprint density at radius 2 is 2.42 bits per heavy atom. The zero-order valence-corrected chi connectivity index (χ0v) is 5.97. The highest BCUT2D eigenvalue weighted by Crippen LogP contribution is 2.18.